The smallest absolute Gasteiger partial charge is 0.314 e. The normalized spacial score (nSPS) is 15.4. The van der Waals surface area contributed by atoms with E-state index in [-0.39, 0.29) is 6.03 Å². The van der Waals surface area contributed by atoms with Gasteiger partial charge in [0.2, 0.25) is 0 Å². The van der Waals surface area contributed by atoms with Gasteiger partial charge in [0.05, 0.1) is 12.1 Å². The molecule has 0 saturated carbocycles. The third-order valence-electron chi connectivity index (χ3n) is 3.92. The fraction of sp³-hybridized carbons (Fsp3) is 0.562. The van der Waals surface area contributed by atoms with E-state index in [4.69, 9.17) is 16.3 Å². The Morgan fingerprint density at radius 2 is 2.14 bits per heavy atom. The van der Waals surface area contributed by atoms with Crippen LogP contribution in [0.15, 0.2) is 18.2 Å². The molecule has 5 nitrogen and oxygen atoms in total. The Morgan fingerprint density at radius 3 is 2.86 bits per heavy atom. The number of hydrogen-bond acceptors (Lipinski definition) is 3. The number of hydrogen-bond donors (Lipinski definition) is 3. The summed E-state index contributed by atoms with van der Waals surface area (Å²) < 4.78 is 5.18. The molecule has 1 aromatic carbocycles. The number of methoxy groups -OCH3 is 1. The summed E-state index contributed by atoms with van der Waals surface area (Å²) in [7, 11) is 1.59. The van der Waals surface area contributed by atoms with Crippen molar-refractivity contribution in [1.29, 1.82) is 0 Å². The summed E-state index contributed by atoms with van der Waals surface area (Å²) in [5.41, 5.74) is 1.08. The third-order valence-corrected chi connectivity index (χ3v) is 4.24. The topological polar surface area (TPSA) is 62.4 Å². The molecular formula is C16H24ClN3O2. The van der Waals surface area contributed by atoms with Gasteiger partial charge in [0.15, 0.2) is 0 Å². The van der Waals surface area contributed by atoms with Crippen LogP contribution in [0, 0.1) is 5.92 Å². The van der Waals surface area contributed by atoms with E-state index in [9.17, 15) is 4.79 Å². The van der Waals surface area contributed by atoms with E-state index in [1.807, 2.05) is 18.2 Å². The number of carbonyl (C=O) groups excluding carboxylic acids is 1. The second-order valence-corrected chi connectivity index (χ2v) is 5.96. The number of carbonyl (C=O) groups is 1. The van der Waals surface area contributed by atoms with Crippen LogP contribution in [-0.2, 0) is 6.42 Å². The highest BCUT2D eigenvalue weighted by molar-refractivity contribution is 6.32. The van der Waals surface area contributed by atoms with Crippen LogP contribution < -0.4 is 20.7 Å². The van der Waals surface area contributed by atoms with Crippen LogP contribution in [0.1, 0.15) is 18.4 Å². The van der Waals surface area contributed by atoms with Gasteiger partial charge in [-0.1, -0.05) is 17.7 Å². The zero-order valence-electron chi connectivity index (χ0n) is 13.0. The van der Waals surface area contributed by atoms with Gasteiger partial charge in [0.25, 0.3) is 0 Å². The number of amides is 2. The highest BCUT2D eigenvalue weighted by Gasteiger charge is 2.13. The maximum absolute atomic E-state index is 11.8. The molecule has 6 heteroatoms. The van der Waals surface area contributed by atoms with E-state index >= 15 is 0 Å². The largest absolute Gasteiger partial charge is 0.495 e. The first-order valence-electron chi connectivity index (χ1n) is 7.74. The summed E-state index contributed by atoms with van der Waals surface area (Å²) in [5, 5.41) is 9.75. The summed E-state index contributed by atoms with van der Waals surface area (Å²) in [4.78, 5) is 11.8. The first-order valence-corrected chi connectivity index (χ1v) is 8.11. The molecule has 0 aliphatic carbocycles. The van der Waals surface area contributed by atoms with Crippen molar-refractivity contribution in [2.24, 2.45) is 5.92 Å². The van der Waals surface area contributed by atoms with Crippen molar-refractivity contribution in [3.8, 4) is 5.75 Å². The Labute approximate surface area is 136 Å². The molecule has 0 spiro atoms. The number of rotatable bonds is 6. The number of piperidine rings is 1. The molecule has 22 heavy (non-hydrogen) atoms. The Morgan fingerprint density at radius 1 is 1.36 bits per heavy atom. The number of halogens is 1. The molecule has 0 atom stereocenters. The zero-order valence-corrected chi connectivity index (χ0v) is 13.7. The van der Waals surface area contributed by atoms with E-state index in [0.29, 0.717) is 23.2 Å². The first-order chi connectivity index (χ1) is 10.7. The molecule has 2 rings (SSSR count). The van der Waals surface area contributed by atoms with E-state index in [1.165, 1.54) is 0 Å². The molecule has 0 aromatic heterocycles. The maximum Gasteiger partial charge on any atom is 0.314 e. The van der Waals surface area contributed by atoms with Crippen molar-refractivity contribution in [1.82, 2.24) is 16.0 Å². The lowest BCUT2D eigenvalue weighted by atomic mass is 9.98. The van der Waals surface area contributed by atoms with Gasteiger partial charge in [0.1, 0.15) is 5.75 Å². The van der Waals surface area contributed by atoms with Gasteiger partial charge < -0.3 is 20.7 Å². The predicted octanol–water partition coefficient (Wildman–Crippen LogP) is 2.19. The summed E-state index contributed by atoms with van der Waals surface area (Å²) in [6.07, 6.45) is 3.00. The highest BCUT2D eigenvalue weighted by Crippen LogP contribution is 2.25. The highest BCUT2D eigenvalue weighted by atomic mass is 35.5. The van der Waals surface area contributed by atoms with Gasteiger partial charge in [-0.05, 0) is 56.0 Å². The van der Waals surface area contributed by atoms with Crippen LogP contribution in [-0.4, -0.2) is 39.3 Å². The molecule has 0 bridgehead atoms. The van der Waals surface area contributed by atoms with Crippen molar-refractivity contribution in [3.05, 3.63) is 28.8 Å². The second kappa shape index (κ2) is 8.86. The van der Waals surface area contributed by atoms with Crippen LogP contribution in [0.25, 0.3) is 0 Å². The summed E-state index contributed by atoms with van der Waals surface area (Å²) in [5.74, 6) is 1.25. The fourth-order valence-corrected chi connectivity index (χ4v) is 2.76. The summed E-state index contributed by atoms with van der Waals surface area (Å²) in [6.45, 7) is 3.43. The van der Waals surface area contributed by atoms with Crippen molar-refractivity contribution in [3.63, 3.8) is 0 Å². The molecule has 1 saturated heterocycles. The lowest BCUT2D eigenvalue weighted by Gasteiger charge is -2.22. The molecular weight excluding hydrogens is 302 g/mol. The first kappa shape index (κ1) is 16.9. The summed E-state index contributed by atoms with van der Waals surface area (Å²) in [6, 6.07) is 5.56. The fourth-order valence-electron chi connectivity index (χ4n) is 2.57. The lowest BCUT2D eigenvalue weighted by Crippen LogP contribution is -2.41. The number of urea groups is 1. The number of benzene rings is 1. The predicted molar refractivity (Wildman–Crippen MR) is 88.7 cm³/mol. The monoisotopic (exact) mass is 325 g/mol. The van der Waals surface area contributed by atoms with Gasteiger partial charge in [0, 0.05) is 13.1 Å². The lowest BCUT2D eigenvalue weighted by molar-refractivity contribution is 0.237. The Kier molecular flexibility index (Phi) is 6.80. The Bertz CT molecular complexity index is 490. The van der Waals surface area contributed by atoms with Crippen molar-refractivity contribution >= 4 is 17.6 Å². The van der Waals surface area contributed by atoms with E-state index in [2.05, 4.69) is 16.0 Å². The van der Waals surface area contributed by atoms with Gasteiger partial charge in [-0.3, -0.25) is 0 Å². The SMILES string of the molecule is COc1cc(CCNC(=O)NCC2CCNCC2)ccc1Cl. The zero-order chi connectivity index (χ0) is 15.8. The average Bonchev–Trinajstić information content (AvgIpc) is 2.55. The van der Waals surface area contributed by atoms with Crippen molar-refractivity contribution in [2.45, 2.75) is 19.3 Å². The molecule has 1 aromatic rings. The molecule has 1 heterocycles. The van der Waals surface area contributed by atoms with Crippen LogP contribution >= 0.6 is 11.6 Å². The molecule has 1 fully saturated rings. The molecule has 0 radical (unpaired) electrons. The van der Waals surface area contributed by atoms with E-state index in [1.54, 1.807) is 7.11 Å². The average molecular weight is 326 g/mol. The molecule has 0 unspecified atom stereocenters. The number of ether oxygens (including phenoxy) is 1. The van der Waals surface area contributed by atoms with E-state index < -0.39 is 0 Å². The Hall–Kier alpha value is -1.46. The van der Waals surface area contributed by atoms with Crippen LogP contribution in [0.3, 0.4) is 0 Å². The maximum atomic E-state index is 11.8. The van der Waals surface area contributed by atoms with Gasteiger partial charge in [-0.2, -0.15) is 0 Å². The molecule has 1 aliphatic heterocycles. The molecule has 3 N–H and O–H groups in total. The molecule has 1 aliphatic rings. The quantitative estimate of drug-likeness (QED) is 0.751. The molecule has 122 valence electrons. The minimum atomic E-state index is -0.0977. The molecule has 2 amide bonds. The Balaban J connectivity index is 1.66. The van der Waals surface area contributed by atoms with E-state index in [0.717, 1.165) is 44.5 Å². The minimum Gasteiger partial charge on any atom is -0.495 e. The number of nitrogens with one attached hydrogen (secondary N) is 3. The van der Waals surface area contributed by atoms with Gasteiger partial charge in [-0.25, -0.2) is 4.79 Å². The van der Waals surface area contributed by atoms with Crippen LogP contribution in [0.2, 0.25) is 5.02 Å². The summed E-state index contributed by atoms with van der Waals surface area (Å²) >= 11 is 5.99. The second-order valence-electron chi connectivity index (χ2n) is 5.55. The van der Waals surface area contributed by atoms with Crippen molar-refractivity contribution in [2.75, 3.05) is 33.3 Å². The minimum absolute atomic E-state index is 0.0977. The van der Waals surface area contributed by atoms with Gasteiger partial charge in [-0.15, -0.1) is 0 Å². The standard InChI is InChI=1S/C16H24ClN3O2/c1-22-15-10-12(2-3-14(15)17)6-9-19-16(21)20-11-13-4-7-18-8-5-13/h2-3,10,13,18H,4-9,11H2,1H3,(H2,19,20,21). The van der Waals surface area contributed by atoms with Crippen LogP contribution in [0.5, 0.6) is 5.75 Å². The van der Waals surface area contributed by atoms with Crippen LogP contribution in [0.4, 0.5) is 4.79 Å². The van der Waals surface area contributed by atoms with Gasteiger partial charge >= 0.3 is 6.03 Å². The third kappa shape index (κ3) is 5.39. The van der Waals surface area contributed by atoms with Crippen molar-refractivity contribution < 1.29 is 9.53 Å².